The Morgan fingerprint density at radius 1 is 1.57 bits per heavy atom. The number of anilines is 1. The van der Waals surface area contributed by atoms with Gasteiger partial charge in [-0.05, 0) is 31.9 Å². The molecule has 1 aliphatic heterocycles. The molecular formula is C14H18FN3O3. The predicted octanol–water partition coefficient (Wildman–Crippen LogP) is 2.45. The van der Waals surface area contributed by atoms with Gasteiger partial charge >= 0.3 is 5.69 Å². The van der Waals surface area contributed by atoms with E-state index in [1.54, 1.807) is 0 Å². The molecule has 1 fully saturated rings. The molecule has 1 heterocycles. The molecule has 2 N–H and O–H groups in total. The number of nitro groups is 1. The Labute approximate surface area is 121 Å². The smallest absolute Gasteiger partial charge is 0.304 e. The number of nitro benzene ring substituents is 1. The van der Waals surface area contributed by atoms with Crippen molar-refractivity contribution in [2.24, 2.45) is 5.41 Å². The number of benzene rings is 1. The zero-order chi connectivity index (χ0) is 15.5. The number of hydrogen-bond acceptors (Lipinski definition) is 4. The second-order valence-corrected chi connectivity index (χ2v) is 5.29. The lowest BCUT2D eigenvalue weighted by molar-refractivity contribution is -0.387. The first-order valence-electron chi connectivity index (χ1n) is 6.94. The van der Waals surface area contributed by atoms with Crippen LogP contribution in [-0.2, 0) is 4.79 Å². The summed E-state index contributed by atoms with van der Waals surface area (Å²) in [7, 11) is 0. The van der Waals surface area contributed by atoms with Crippen LogP contribution in [0, 0.1) is 21.3 Å². The normalized spacial score (nSPS) is 21.8. The number of nitrogens with one attached hydrogen (secondary N) is 2. The van der Waals surface area contributed by atoms with Crippen molar-refractivity contribution in [1.29, 1.82) is 0 Å². The van der Waals surface area contributed by atoms with Gasteiger partial charge in [0.05, 0.1) is 10.3 Å². The average Bonchev–Trinajstić information content (AvgIpc) is 2.47. The van der Waals surface area contributed by atoms with Crippen LogP contribution in [0.3, 0.4) is 0 Å². The average molecular weight is 295 g/mol. The van der Waals surface area contributed by atoms with E-state index in [4.69, 9.17) is 0 Å². The number of amides is 1. The van der Waals surface area contributed by atoms with Crippen molar-refractivity contribution >= 4 is 17.3 Å². The molecule has 1 aromatic carbocycles. The van der Waals surface area contributed by atoms with Gasteiger partial charge in [0.1, 0.15) is 0 Å². The van der Waals surface area contributed by atoms with Crippen LogP contribution in [0.1, 0.15) is 26.2 Å². The monoisotopic (exact) mass is 295 g/mol. The highest BCUT2D eigenvalue weighted by Gasteiger charge is 2.37. The van der Waals surface area contributed by atoms with E-state index in [1.165, 1.54) is 6.07 Å². The fourth-order valence-electron chi connectivity index (χ4n) is 2.62. The van der Waals surface area contributed by atoms with Crippen molar-refractivity contribution in [3.63, 3.8) is 0 Å². The van der Waals surface area contributed by atoms with Crippen LogP contribution >= 0.6 is 0 Å². The molecule has 0 radical (unpaired) electrons. The van der Waals surface area contributed by atoms with Crippen molar-refractivity contribution in [2.45, 2.75) is 26.2 Å². The summed E-state index contributed by atoms with van der Waals surface area (Å²) in [5, 5.41) is 16.4. The van der Waals surface area contributed by atoms with Gasteiger partial charge in [-0.2, -0.15) is 4.39 Å². The molecule has 1 saturated heterocycles. The van der Waals surface area contributed by atoms with Crippen LogP contribution in [-0.4, -0.2) is 23.9 Å². The van der Waals surface area contributed by atoms with Gasteiger partial charge in [-0.15, -0.1) is 0 Å². The Hall–Kier alpha value is -2.02. The summed E-state index contributed by atoms with van der Waals surface area (Å²) in [5.41, 5.74) is -0.865. The topological polar surface area (TPSA) is 84.3 Å². The molecule has 2 rings (SSSR count). The molecule has 1 amide bonds. The minimum Gasteiger partial charge on any atom is -0.325 e. The predicted molar refractivity (Wildman–Crippen MR) is 76.5 cm³/mol. The van der Waals surface area contributed by atoms with E-state index >= 15 is 0 Å². The first-order valence-corrected chi connectivity index (χ1v) is 6.94. The van der Waals surface area contributed by atoms with Crippen molar-refractivity contribution in [1.82, 2.24) is 5.32 Å². The third-order valence-corrected chi connectivity index (χ3v) is 4.03. The zero-order valence-corrected chi connectivity index (χ0v) is 11.8. The van der Waals surface area contributed by atoms with Crippen LogP contribution in [0.25, 0.3) is 0 Å². The summed E-state index contributed by atoms with van der Waals surface area (Å²) in [6.45, 7) is 3.43. The standard InChI is InChI=1S/C14H18FN3O3/c1-2-14(6-3-7-16-9-14)13(19)17-10-4-5-12(18(20)21)11(15)8-10/h4-5,8,16H,2-3,6-7,9H2,1H3,(H,17,19). The maximum atomic E-state index is 13.6. The molecule has 0 aliphatic carbocycles. The summed E-state index contributed by atoms with van der Waals surface area (Å²) in [5.74, 6) is -1.13. The third-order valence-electron chi connectivity index (χ3n) is 4.03. The number of nitrogens with zero attached hydrogens (tertiary/aromatic N) is 1. The van der Waals surface area contributed by atoms with Crippen molar-refractivity contribution in [3.8, 4) is 0 Å². The van der Waals surface area contributed by atoms with Gasteiger partial charge < -0.3 is 10.6 Å². The Kier molecular flexibility index (Phi) is 4.52. The molecule has 0 aromatic heterocycles. The third kappa shape index (κ3) is 3.18. The van der Waals surface area contributed by atoms with Gasteiger partial charge in [0, 0.05) is 24.4 Å². The molecule has 7 heteroatoms. The van der Waals surface area contributed by atoms with E-state index in [-0.39, 0.29) is 11.6 Å². The van der Waals surface area contributed by atoms with E-state index in [0.717, 1.165) is 31.5 Å². The second-order valence-electron chi connectivity index (χ2n) is 5.29. The highest BCUT2D eigenvalue weighted by atomic mass is 19.1. The molecule has 1 aromatic rings. The van der Waals surface area contributed by atoms with Gasteiger partial charge in [-0.1, -0.05) is 6.92 Å². The maximum absolute atomic E-state index is 13.6. The molecule has 1 unspecified atom stereocenters. The van der Waals surface area contributed by atoms with E-state index in [0.29, 0.717) is 13.0 Å². The van der Waals surface area contributed by atoms with E-state index in [1.807, 2.05) is 6.92 Å². The van der Waals surface area contributed by atoms with Crippen molar-refractivity contribution in [2.75, 3.05) is 18.4 Å². The minimum absolute atomic E-state index is 0.176. The second kappa shape index (κ2) is 6.17. The maximum Gasteiger partial charge on any atom is 0.304 e. The zero-order valence-electron chi connectivity index (χ0n) is 11.8. The highest BCUT2D eigenvalue weighted by Crippen LogP contribution is 2.32. The Balaban J connectivity index is 2.15. The molecule has 0 saturated carbocycles. The van der Waals surface area contributed by atoms with Crippen LogP contribution < -0.4 is 10.6 Å². The fourth-order valence-corrected chi connectivity index (χ4v) is 2.62. The van der Waals surface area contributed by atoms with E-state index in [9.17, 15) is 19.3 Å². The van der Waals surface area contributed by atoms with Gasteiger partial charge in [0.2, 0.25) is 11.7 Å². The fraction of sp³-hybridized carbons (Fsp3) is 0.500. The molecule has 114 valence electrons. The SMILES string of the molecule is CCC1(C(=O)Nc2ccc([N+](=O)[O-])c(F)c2)CCCNC1. The largest absolute Gasteiger partial charge is 0.325 e. The molecule has 6 nitrogen and oxygen atoms in total. The number of hydrogen-bond donors (Lipinski definition) is 2. The first-order chi connectivity index (χ1) is 9.98. The molecule has 0 bridgehead atoms. The number of carbonyl (C=O) groups is 1. The summed E-state index contributed by atoms with van der Waals surface area (Å²) < 4.78 is 13.6. The lowest BCUT2D eigenvalue weighted by Gasteiger charge is -2.35. The molecular weight excluding hydrogens is 277 g/mol. The van der Waals surface area contributed by atoms with Crippen molar-refractivity contribution < 1.29 is 14.1 Å². The molecule has 1 atom stereocenters. The summed E-state index contributed by atoms with van der Waals surface area (Å²) in [6, 6.07) is 3.39. The highest BCUT2D eigenvalue weighted by molar-refractivity contribution is 5.95. The van der Waals surface area contributed by atoms with Gasteiger partial charge in [0.15, 0.2) is 0 Å². The Morgan fingerprint density at radius 2 is 2.33 bits per heavy atom. The van der Waals surface area contributed by atoms with Gasteiger partial charge in [-0.3, -0.25) is 14.9 Å². The lowest BCUT2D eigenvalue weighted by atomic mass is 9.77. The summed E-state index contributed by atoms with van der Waals surface area (Å²) >= 11 is 0. The van der Waals surface area contributed by atoms with Crippen LogP contribution in [0.15, 0.2) is 18.2 Å². The summed E-state index contributed by atoms with van der Waals surface area (Å²) in [4.78, 5) is 22.2. The Bertz CT molecular complexity index is 556. The van der Waals surface area contributed by atoms with Crippen molar-refractivity contribution in [3.05, 3.63) is 34.1 Å². The number of rotatable bonds is 4. The number of halogens is 1. The number of carbonyl (C=O) groups excluding carboxylic acids is 1. The molecule has 0 spiro atoms. The van der Waals surface area contributed by atoms with Crippen LogP contribution in [0.2, 0.25) is 0 Å². The molecule has 1 aliphatic rings. The first kappa shape index (κ1) is 15.4. The van der Waals surface area contributed by atoms with E-state index in [2.05, 4.69) is 10.6 Å². The van der Waals surface area contributed by atoms with Crippen LogP contribution in [0.5, 0.6) is 0 Å². The van der Waals surface area contributed by atoms with E-state index < -0.39 is 21.8 Å². The quantitative estimate of drug-likeness (QED) is 0.660. The van der Waals surface area contributed by atoms with Crippen LogP contribution in [0.4, 0.5) is 15.8 Å². The Morgan fingerprint density at radius 3 is 2.86 bits per heavy atom. The number of piperidine rings is 1. The minimum atomic E-state index is -0.954. The van der Waals surface area contributed by atoms with Gasteiger partial charge in [-0.25, -0.2) is 0 Å². The lowest BCUT2D eigenvalue weighted by Crippen LogP contribution is -2.47. The molecule has 21 heavy (non-hydrogen) atoms. The van der Waals surface area contributed by atoms with Gasteiger partial charge in [0.25, 0.3) is 0 Å². The summed E-state index contributed by atoms with van der Waals surface area (Å²) in [6.07, 6.45) is 2.37.